The van der Waals surface area contributed by atoms with Crippen molar-refractivity contribution >= 4 is 23.7 Å². The van der Waals surface area contributed by atoms with Crippen LogP contribution in [0.5, 0.6) is 28.7 Å². The zero-order valence-electron chi connectivity index (χ0n) is 22.7. The van der Waals surface area contributed by atoms with Crippen LogP contribution in [0, 0.1) is 5.82 Å². The predicted octanol–water partition coefficient (Wildman–Crippen LogP) is 4.93. The van der Waals surface area contributed by atoms with Crippen LogP contribution < -0.4 is 29.0 Å². The maximum Gasteiger partial charge on any atom is 0.277 e. The molecule has 0 saturated carbocycles. The van der Waals surface area contributed by atoms with Gasteiger partial charge in [-0.05, 0) is 53.1 Å². The molecule has 4 rings (SSSR count). The highest BCUT2D eigenvalue weighted by molar-refractivity contribution is 6.04. The van der Waals surface area contributed by atoms with E-state index in [1.165, 1.54) is 37.2 Å². The molecule has 0 radical (unpaired) electrons. The first kappa shape index (κ1) is 28.0. The summed E-state index contributed by atoms with van der Waals surface area (Å²) in [4.78, 5) is 13.1. The highest BCUT2D eigenvalue weighted by Gasteiger charge is 2.18. The minimum absolute atomic E-state index is 0.0986. The van der Waals surface area contributed by atoms with Crippen molar-refractivity contribution in [3.8, 4) is 28.7 Å². The molecule has 208 valence electrons. The maximum absolute atomic E-state index is 13.2. The standard InChI is InChI=1S/C29H29FN4O6/c1-36-24-13-19(6-7-20-14-25(37-2)28(40-5)26(15-20)38-3)12-22(27(24)39-4)31-29(35)23-17-34(33-32-23)16-18-8-10-21(30)11-9-18/h6-15,17H,16H2,1-5H3,(H,31,35)/b7-6-. The molecular weight excluding hydrogens is 519 g/mol. The number of carbonyl (C=O) groups excluding carboxylic acids is 1. The quantitative estimate of drug-likeness (QED) is 0.263. The minimum Gasteiger partial charge on any atom is -0.493 e. The lowest BCUT2D eigenvalue weighted by Crippen LogP contribution is -2.13. The van der Waals surface area contributed by atoms with Gasteiger partial charge in [0.25, 0.3) is 5.91 Å². The molecule has 3 aromatic carbocycles. The Morgan fingerprint density at radius 3 is 1.93 bits per heavy atom. The van der Waals surface area contributed by atoms with E-state index in [0.29, 0.717) is 41.0 Å². The summed E-state index contributed by atoms with van der Waals surface area (Å²) in [5, 5.41) is 10.8. The van der Waals surface area contributed by atoms with Crippen LogP contribution in [0.25, 0.3) is 12.2 Å². The van der Waals surface area contributed by atoms with E-state index in [2.05, 4.69) is 15.6 Å². The van der Waals surface area contributed by atoms with Gasteiger partial charge in [-0.15, -0.1) is 5.10 Å². The molecule has 1 N–H and O–H groups in total. The first-order valence-electron chi connectivity index (χ1n) is 12.1. The second-order valence-corrected chi connectivity index (χ2v) is 8.48. The number of anilines is 1. The Kier molecular flexibility index (Phi) is 8.85. The van der Waals surface area contributed by atoms with Crippen LogP contribution in [0.4, 0.5) is 10.1 Å². The van der Waals surface area contributed by atoms with Gasteiger partial charge in [0.15, 0.2) is 28.7 Å². The van der Waals surface area contributed by atoms with E-state index in [-0.39, 0.29) is 11.5 Å². The van der Waals surface area contributed by atoms with E-state index in [4.69, 9.17) is 23.7 Å². The molecule has 1 heterocycles. The zero-order valence-corrected chi connectivity index (χ0v) is 22.7. The molecule has 0 saturated heterocycles. The van der Waals surface area contributed by atoms with E-state index in [0.717, 1.165) is 16.7 Å². The van der Waals surface area contributed by atoms with Crippen molar-refractivity contribution in [2.45, 2.75) is 6.54 Å². The number of methoxy groups -OCH3 is 5. The van der Waals surface area contributed by atoms with Crippen molar-refractivity contribution in [2.75, 3.05) is 40.9 Å². The number of amides is 1. The highest BCUT2D eigenvalue weighted by Crippen LogP contribution is 2.40. The molecule has 0 aliphatic heterocycles. The molecule has 11 heteroatoms. The molecule has 0 atom stereocenters. The number of ether oxygens (including phenoxy) is 5. The van der Waals surface area contributed by atoms with Gasteiger partial charge in [-0.3, -0.25) is 4.79 Å². The van der Waals surface area contributed by atoms with E-state index in [1.54, 1.807) is 45.6 Å². The van der Waals surface area contributed by atoms with Crippen LogP contribution in [0.1, 0.15) is 27.2 Å². The highest BCUT2D eigenvalue weighted by atomic mass is 19.1. The molecule has 40 heavy (non-hydrogen) atoms. The fourth-order valence-corrected chi connectivity index (χ4v) is 4.01. The van der Waals surface area contributed by atoms with Crippen molar-refractivity contribution in [2.24, 2.45) is 0 Å². The molecule has 4 aromatic rings. The summed E-state index contributed by atoms with van der Waals surface area (Å²) < 4.78 is 42.0. The largest absolute Gasteiger partial charge is 0.493 e. The van der Waals surface area contributed by atoms with Gasteiger partial charge in [-0.1, -0.05) is 29.5 Å². The second kappa shape index (κ2) is 12.7. The molecule has 0 aliphatic rings. The van der Waals surface area contributed by atoms with E-state index in [9.17, 15) is 9.18 Å². The van der Waals surface area contributed by atoms with Gasteiger partial charge < -0.3 is 29.0 Å². The van der Waals surface area contributed by atoms with Crippen molar-refractivity contribution in [3.05, 3.63) is 82.9 Å². The van der Waals surface area contributed by atoms with Crippen LogP contribution >= 0.6 is 0 Å². The molecular formula is C29H29FN4O6. The Bertz CT molecular complexity index is 1490. The van der Waals surface area contributed by atoms with Gasteiger partial charge in [-0.2, -0.15) is 0 Å². The Balaban J connectivity index is 1.58. The van der Waals surface area contributed by atoms with Crippen LogP contribution in [0.2, 0.25) is 0 Å². The van der Waals surface area contributed by atoms with Crippen LogP contribution in [0.15, 0.2) is 54.7 Å². The number of aromatic nitrogens is 3. The third-order valence-electron chi connectivity index (χ3n) is 5.93. The number of nitrogens with zero attached hydrogens (tertiary/aromatic N) is 3. The summed E-state index contributed by atoms with van der Waals surface area (Å²) in [7, 11) is 7.64. The molecule has 1 aromatic heterocycles. The molecule has 0 fully saturated rings. The van der Waals surface area contributed by atoms with Crippen molar-refractivity contribution in [1.29, 1.82) is 0 Å². The van der Waals surface area contributed by atoms with Gasteiger partial charge in [0, 0.05) is 0 Å². The van der Waals surface area contributed by atoms with Crippen molar-refractivity contribution in [1.82, 2.24) is 15.0 Å². The van der Waals surface area contributed by atoms with Crippen LogP contribution in [-0.4, -0.2) is 56.5 Å². The first-order valence-corrected chi connectivity index (χ1v) is 12.1. The Morgan fingerprint density at radius 1 is 0.825 bits per heavy atom. The number of rotatable bonds is 11. The lowest BCUT2D eigenvalue weighted by atomic mass is 10.1. The van der Waals surface area contributed by atoms with Crippen LogP contribution in [0.3, 0.4) is 0 Å². The zero-order chi connectivity index (χ0) is 28.6. The second-order valence-electron chi connectivity index (χ2n) is 8.48. The van der Waals surface area contributed by atoms with Gasteiger partial charge in [-0.25, -0.2) is 9.07 Å². The number of hydrogen-bond donors (Lipinski definition) is 1. The molecule has 0 unspecified atom stereocenters. The molecule has 1 amide bonds. The molecule has 0 bridgehead atoms. The third-order valence-corrected chi connectivity index (χ3v) is 5.93. The lowest BCUT2D eigenvalue weighted by Gasteiger charge is -2.15. The van der Waals surface area contributed by atoms with Crippen LogP contribution in [-0.2, 0) is 6.54 Å². The average Bonchev–Trinajstić information content (AvgIpc) is 3.44. The Hall–Kier alpha value is -5.06. The molecule has 0 spiro atoms. The first-order chi connectivity index (χ1) is 19.4. The van der Waals surface area contributed by atoms with Gasteiger partial charge in [0.2, 0.25) is 5.75 Å². The fraction of sp³-hybridized carbons (Fsp3) is 0.207. The summed E-state index contributed by atoms with van der Waals surface area (Å²) >= 11 is 0. The average molecular weight is 549 g/mol. The summed E-state index contributed by atoms with van der Waals surface area (Å²) in [6.07, 6.45) is 5.21. The van der Waals surface area contributed by atoms with E-state index < -0.39 is 5.91 Å². The third kappa shape index (κ3) is 6.32. The van der Waals surface area contributed by atoms with Gasteiger partial charge in [0.05, 0.1) is 54.0 Å². The molecule has 10 nitrogen and oxygen atoms in total. The summed E-state index contributed by atoms with van der Waals surface area (Å²) in [6.45, 7) is 0.332. The normalized spacial score (nSPS) is 10.8. The topological polar surface area (TPSA) is 106 Å². The SMILES string of the molecule is COc1cc(/C=C\c2cc(OC)c(OC)c(OC)c2)cc(NC(=O)c2cn(Cc3ccc(F)cc3)nn2)c1OC. The number of benzene rings is 3. The number of carbonyl (C=O) groups is 1. The lowest BCUT2D eigenvalue weighted by molar-refractivity contribution is 0.102. The van der Waals surface area contributed by atoms with Crippen molar-refractivity contribution in [3.63, 3.8) is 0 Å². The molecule has 0 aliphatic carbocycles. The monoisotopic (exact) mass is 548 g/mol. The maximum atomic E-state index is 13.2. The fourth-order valence-electron chi connectivity index (χ4n) is 4.01. The Morgan fingerprint density at radius 2 is 1.38 bits per heavy atom. The number of nitrogens with one attached hydrogen (secondary N) is 1. The Labute approximate surface area is 230 Å². The van der Waals surface area contributed by atoms with E-state index in [1.807, 2.05) is 24.3 Å². The van der Waals surface area contributed by atoms with E-state index >= 15 is 0 Å². The number of halogens is 1. The minimum atomic E-state index is -0.489. The van der Waals surface area contributed by atoms with Crippen molar-refractivity contribution < 1.29 is 32.9 Å². The summed E-state index contributed by atoms with van der Waals surface area (Å²) in [5.74, 6) is 1.49. The number of hydrogen-bond acceptors (Lipinski definition) is 8. The summed E-state index contributed by atoms with van der Waals surface area (Å²) in [6, 6.07) is 13.2. The predicted molar refractivity (Wildman–Crippen MR) is 148 cm³/mol. The van der Waals surface area contributed by atoms with Gasteiger partial charge in [0.1, 0.15) is 5.82 Å². The smallest absolute Gasteiger partial charge is 0.277 e. The summed E-state index contributed by atoms with van der Waals surface area (Å²) in [5.41, 5.74) is 2.82. The van der Waals surface area contributed by atoms with Gasteiger partial charge >= 0.3 is 0 Å².